The molecule has 2 aromatic heterocycles. The van der Waals surface area contributed by atoms with Crippen molar-refractivity contribution in [2.75, 3.05) is 11.5 Å². The van der Waals surface area contributed by atoms with Gasteiger partial charge in [-0.05, 0) is 28.0 Å². The number of halogens is 1. The van der Waals surface area contributed by atoms with Crippen molar-refractivity contribution in [3.05, 3.63) is 64.7 Å². The Morgan fingerprint density at radius 1 is 1.16 bits per heavy atom. The van der Waals surface area contributed by atoms with E-state index in [9.17, 15) is 4.79 Å². The highest BCUT2D eigenvalue weighted by molar-refractivity contribution is 7.99. The van der Waals surface area contributed by atoms with Gasteiger partial charge in [0.15, 0.2) is 16.8 Å². The molecule has 0 saturated heterocycles. The van der Waals surface area contributed by atoms with Crippen molar-refractivity contribution in [2.45, 2.75) is 18.4 Å². The average molecular weight is 451 g/mol. The van der Waals surface area contributed by atoms with E-state index in [0.717, 1.165) is 33.7 Å². The summed E-state index contributed by atoms with van der Waals surface area (Å²) in [5.74, 6) is 0.330. The second-order valence-electron chi connectivity index (χ2n) is 6.83. The first-order chi connectivity index (χ1) is 15.1. The number of nitrogens with two attached hydrogens (primary N) is 1. The van der Waals surface area contributed by atoms with Crippen molar-refractivity contribution in [3.63, 3.8) is 0 Å². The van der Waals surface area contributed by atoms with E-state index in [0.29, 0.717) is 34.8 Å². The summed E-state index contributed by atoms with van der Waals surface area (Å²) in [5.41, 5.74) is 9.03. The summed E-state index contributed by atoms with van der Waals surface area (Å²) in [6.07, 6.45) is 4.41. The van der Waals surface area contributed by atoms with Gasteiger partial charge in [-0.1, -0.05) is 41.6 Å². The predicted octanol–water partition coefficient (Wildman–Crippen LogP) is 3.72. The maximum atomic E-state index is 12.3. The van der Waals surface area contributed by atoms with E-state index in [1.807, 2.05) is 24.3 Å². The number of ether oxygens (including phenoxy) is 1. The molecule has 154 valence electrons. The Hall–Kier alpha value is -3.14. The minimum absolute atomic E-state index is 0.0549. The molecule has 4 aromatic rings. The molecule has 0 spiro atoms. The van der Waals surface area contributed by atoms with Crippen LogP contribution in [0.4, 0.5) is 5.95 Å². The van der Waals surface area contributed by atoms with Crippen molar-refractivity contribution in [1.29, 1.82) is 0 Å². The van der Waals surface area contributed by atoms with E-state index < -0.39 is 0 Å². The molecule has 3 heterocycles. The summed E-state index contributed by atoms with van der Waals surface area (Å²) >= 11 is 7.79. The van der Waals surface area contributed by atoms with Crippen molar-refractivity contribution < 1.29 is 9.53 Å². The molecule has 2 N–H and O–H groups in total. The molecule has 0 unspecified atom stereocenters. The first-order valence-corrected chi connectivity index (χ1v) is 10.7. The van der Waals surface area contributed by atoms with Crippen molar-refractivity contribution in [2.24, 2.45) is 0 Å². The van der Waals surface area contributed by atoms with E-state index >= 15 is 0 Å². The van der Waals surface area contributed by atoms with Crippen LogP contribution in [0.5, 0.6) is 0 Å². The zero-order valence-corrected chi connectivity index (χ0v) is 17.7. The van der Waals surface area contributed by atoms with Gasteiger partial charge < -0.3 is 10.5 Å². The number of thioether (sulfide) groups is 1. The van der Waals surface area contributed by atoms with Crippen LogP contribution in [0.3, 0.4) is 0 Å². The van der Waals surface area contributed by atoms with E-state index in [1.165, 1.54) is 18.6 Å². The van der Waals surface area contributed by atoms with Crippen molar-refractivity contribution in [1.82, 2.24) is 24.9 Å². The Bertz CT molecular complexity index is 1320. The maximum Gasteiger partial charge on any atom is 0.224 e. The van der Waals surface area contributed by atoms with Crippen LogP contribution in [-0.4, -0.2) is 36.5 Å². The SMILES string of the molecule is Nc1nc(SCC(=O)c2cnccn2)nc(-c2c(Cl)cc3c4c(cccc24)COC3)n1. The summed E-state index contributed by atoms with van der Waals surface area (Å²) < 4.78 is 5.65. The van der Waals surface area contributed by atoms with E-state index in [4.69, 9.17) is 22.1 Å². The second kappa shape index (κ2) is 8.18. The number of Topliss-reactive ketones (excluding diaryl/α,β-unsaturated/α-hetero) is 1. The molecule has 0 saturated carbocycles. The van der Waals surface area contributed by atoms with E-state index in [2.05, 4.69) is 24.9 Å². The van der Waals surface area contributed by atoms with Gasteiger partial charge in [-0.25, -0.2) is 9.97 Å². The summed E-state index contributed by atoms with van der Waals surface area (Å²) in [6, 6.07) is 7.85. The minimum atomic E-state index is -0.182. The highest BCUT2D eigenvalue weighted by atomic mass is 35.5. The van der Waals surface area contributed by atoms with Crippen LogP contribution in [-0.2, 0) is 18.0 Å². The number of carbonyl (C=O) groups is 1. The average Bonchev–Trinajstić information content (AvgIpc) is 2.78. The number of nitrogen functional groups attached to an aromatic ring is 1. The van der Waals surface area contributed by atoms with Gasteiger partial charge in [0.2, 0.25) is 5.95 Å². The lowest BCUT2D eigenvalue weighted by atomic mass is 9.94. The number of benzene rings is 2. The van der Waals surface area contributed by atoms with Crippen LogP contribution >= 0.6 is 23.4 Å². The lowest BCUT2D eigenvalue weighted by molar-refractivity contribution is 0.101. The van der Waals surface area contributed by atoms with Gasteiger partial charge in [-0.15, -0.1) is 0 Å². The lowest BCUT2D eigenvalue weighted by Crippen LogP contribution is -2.08. The Morgan fingerprint density at radius 3 is 2.87 bits per heavy atom. The van der Waals surface area contributed by atoms with Crippen LogP contribution in [0.2, 0.25) is 5.02 Å². The number of aromatic nitrogens is 5. The third-order valence-corrected chi connectivity index (χ3v) is 5.98. The molecule has 0 bridgehead atoms. The molecule has 0 amide bonds. The van der Waals surface area contributed by atoms with Crippen LogP contribution in [0.1, 0.15) is 21.6 Å². The minimum Gasteiger partial charge on any atom is -0.372 e. The van der Waals surface area contributed by atoms with Crippen LogP contribution in [0.15, 0.2) is 48.0 Å². The maximum absolute atomic E-state index is 12.3. The molecule has 1 aliphatic heterocycles. The van der Waals surface area contributed by atoms with Gasteiger partial charge in [-0.3, -0.25) is 9.78 Å². The third kappa shape index (κ3) is 3.83. The number of rotatable bonds is 5. The fourth-order valence-corrected chi connectivity index (χ4v) is 4.58. The summed E-state index contributed by atoms with van der Waals surface area (Å²) in [5, 5.41) is 2.86. The molecule has 5 rings (SSSR count). The van der Waals surface area contributed by atoms with Crippen LogP contribution < -0.4 is 5.73 Å². The number of hydrogen-bond acceptors (Lipinski definition) is 9. The molecular formula is C21H15ClN6O2S. The number of nitrogens with zero attached hydrogens (tertiary/aromatic N) is 5. The Morgan fingerprint density at radius 2 is 2.03 bits per heavy atom. The fourth-order valence-electron chi connectivity index (χ4n) is 3.54. The van der Waals surface area contributed by atoms with Gasteiger partial charge >= 0.3 is 0 Å². The predicted molar refractivity (Wildman–Crippen MR) is 118 cm³/mol. The molecule has 2 aromatic carbocycles. The number of anilines is 1. The van der Waals surface area contributed by atoms with E-state index in [1.54, 1.807) is 0 Å². The number of ketones is 1. The van der Waals surface area contributed by atoms with Gasteiger partial charge in [0.1, 0.15) is 5.69 Å². The Labute approximate surface area is 186 Å². The quantitative estimate of drug-likeness (QED) is 0.358. The zero-order valence-electron chi connectivity index (χ0n) is 16.1. The molecule has 10 heteroatoms. The van der Waals surface area contributed by atoms with Crippen molar-refractivity contribution in [3.8, 4) is 11.4 Å². The summed E-state index contributed by atoms with van der Waals surface area (Å²) in [4.78, 5) is 33.3. The Kier molecular flexibility index (Phi) is 5.23. The van der Waals surface area contributed by atoms with Gasteiger partial charge in [0, 0.05) is 18.0 Å². The molecule has 31 heavy (non-hydrogen) atoms. The molecule has 0 atom stereocenters. The van der Waals surface area contributed by atoms with E-state index in [-0.39, 0.29) is 23.2 Å². The standard InChI is InChI=1S/C21H15ClN6O2S/c22-14-6-12-9-30-8-11-2-1-3-13(17(11)12)18(14)19-26-20(23)28-21(27-19)31-10-16(29)15-7-24-4-5-25-15/h1-7H,8-10H2,(H2,23,26,27,28). The molecular weight excluding hydrogens is 436 g/mol. The molecule has 0 aliphatic carbocycles. The monoisotopic (exact) mass is 450 g/mol. The van der Waals surface area contributed by atoms with Crippen LogP contribution in [0, 0.1) is 0 Å². The molecule has 0 radical (unpaired) electrons. The first kappa shape index (κ1) is 19.8. The lowest BCUT2D eigenvalue weighted by Gasteiger charge is -2.20. The summed E-state index contributed by atoms with van der Waals surface area (Å²) in [6.45, 7) is 1.04. The van der Waals surface area contributed by atoms with Crippen LogP contribution in [0.25, 0.3) is 22.2 Å². The third-order valence-electron chi connectivity index (χ3n) is 4.83. The smallest absolute Gasteiger partial charge is 0.224 e. The largest absolute Gasteiger partial charge is 0.372 e. The second-order valence-corrected chi connectivity index (χ2v) is 8.18. The molecule has 8 nitrogen and oxygen atoms in total. The molecule has 0 fully saturated rings. The number of carbonyl (C=O) groups excluding carboxylic acids is 1. The number of hydrogen-bond donors (Lipinski definition) is 1. The van der Waals surface area contributed by atoms with Crippen molar-refractivity contribution >= 4 is 45.9 Å². The molecule has 1 aliphatic rings. The summed E-state index contributed by atoms with van der Waals surface area (Å²) in [7, 11) is 0. The van der Waals surface area contributed by atoms with Gasteiger partial charge in [-0.2, -0.15) is 9.97 Å². The zero-order chi connectivity index (χ0) is 21.4. The Balaban J connectivity index is 1.53. The first-order valence-electron chi connectivity index (χ1n) is 9.35. The van der Waals surface area contributed by atoms with Gasteiger partial charge in [0.05, 0.1) is 30.2 Å². The highest BCUT2D eigenvalue weighted by Crippen LogP contribution is 2.39. The highest BCUT2D eigenvalue weighted by Gasteiger charge is 2.21. The topological polar surface area (TPSA) is 117 Å². The van der Waals surface area contributed by atoms with Gasteiger partial charge in [0.25, 0.3) is 0 Å². The fraction of sp³-hybridized carbons (Fsp3) is 0.143. The normalized spacial score (nSPS) is 12.8.